The Kier molecular flexibility index (Phi) is 21.8. The molecule has 7 rings (SSSR count). The molecule has 0 N–H and O–H groups in total. The van der Waals surface area contributed by atoms with E-state index >= 15 is 0 Å². The van der Waals surface area contributed by atoms with E-state index in [0.29, 0.717) is 52.1 Å². The molecule has 0 saturated carbocycles. The Bertz CT molecular complexity index is 2700. The van der Waals surface area contributed by atoms with Crippen molar-refractivity contribution in [1.82, 2.24) is 0 Å². The normalized spacial score (nSPS) is 12.7. The fourth-order valence-electron chi connectivity index (χ4n) is 9.83. The van der Waals surface area contributed by atoms with Gasteiger partial charge in [0.15, 0.2) is 4.30 Å². The standard InChI is InChI=1S/C70H84O4.CHCl3/c1-15-17-19-27-33-71-63-51-35-55-43-61(69(9,10)11)45-57(65(55)73-47-49-29-23-21-24-30-49)37-53-41-60(68(6,7)8)42-54(64(53)72-34-28-20-18-16-2)38-58-46-62(70(12,13)14)44-56(36-52(63)40-59(39-51)67(3,4)5)66(58)74-48-50-31-25-22-26-32-50;2-1(3)4/h1-2,21-26,29-32,39-46H,17-20,27-28,33-38,47-48H2,3-14H3;1H. The van der Waals surface area contributed by atoms with Crippen molar-refractivity contribution in [2.24, 2.45) is 0 Å². The Morgan fingerprint density at radius 1 is 0.385 bits per heavy atom. The van der Waals surface area contributed by atoms with Crippen LogP contribution >= 0.6 is 34.8 Å². The molecule has 6 aromatic rings. The molecule has 0 spiro atoms. The molecular weight excluding hydrogens is 1020 g/mol. The van der Waals surface area contributed by atoms with Crippen LogP contribution < -0.4 is 18.9 Å². The zero-order chi connectivity index (χ0) is 56.8. The van der Waals surface area contributed by atoms with Gasteiger partial charge in [-0.2, -0.15) is 0 Å². The second-order valence-electron chi connectivity index (χ2n) is 25.0. The lowest BCUT2D eigenvalue weighted by Crippen LogP contribution is -2.18. The number of hydrogen-bond donors (Lipinski definition) is 0. The quantitative estimate of drug-likeness (QED) is 0.0549. The Hall–Kier alpha value is -5.49. The van der Waals surface area contributed by atoms with Crippen LogP contribution in [0.2, 0.25) is 0 Å². The summed E-state index contributed by atoms with van der Waals surface area (Å²) in [4.78, 5) is 0. The number of rotatable bonds is 16. The number of hydrogen-bond acceptors (Lipinski definition) is 4. The molecule has 0 fully saturated rings. The minimum atomic E-state index is -0.750. The van der Waals surface area contributed by atoms with E-state index < -0.39 is 4.30 Å². The number of unbranched alkanes of at least 4 members (excludes halogenated alkanes) is 4. The average Bonchev–Trinajstić information content (AvgIpc) is 3.38. The van der Waals surface area contributed by atoms with Gasteiger partial charge in [-0.25, -0.2) is 0 Å². The van der Waals surface area contributed by atoms with Crippen LogP contribution in [-0.2, 0) is 60.6 Å². The first-order valence-corrected chi connectivity index (χ1v) is 29.2. The first-order valence-electron chi connectivity index (χ1n) is 27.9. The summed E-state index contributed by atoms with van der Waals surface area (Å²) in [5.74, 6) is 9.37. The summed E-state index contributed by atoms with van der Waals surface area (Å²) >= 11 is 14.4. The summed E-state index contributed by atoms with van der Waals surface area (Å²) in [7, 11) is 0. The van der Waals surface area contributed by atoms with Crippen molar-refractivity contribution in [3.63, 3.8) is 0 Å². The smallest absolute Gasteiger partial charge is 0.180 e. The topological polar surface area (TPSA) is 36.9 Å². The van der Waals surface area contributed by atoms with Gasteiger partial charge in [0.05, 0.1) is 13.2 Å². The number of alkyl halides is 3. The zero-order valence-corrected chi connectivity index (χ0v) is 51.1. The largest absolute Gasteiger partial charge is 0.493 e. The van der Waals surface area contributed by atoms with Crippen LogP contribution in [0.25, 0.3) is 0 Å². The van der Waals surface area contributed by atoms with Crippen molar-refractivity contribution in [1.29, 1.82) is 0 Å². The first kappa shape index (κ1) is 61.7. The number of fused-ring (bicyclic) bond motifs is 8. The molecule has 0 atom stereocenters. The van der Waals surface area contributed by atoms with Crippen LogP contribution in [0.4, 0.5) is 0 Å². The van der Waals surface area contributed by atoms with Gasteiger partial charge in [0.2, 0.25) is 0 Å². The second kappa shape index (κ2) is 27.6. The van der Waals surface area contributed by atoms with Gasteiger partial charge in [-0.15, -0.1) is 24.7 Å². The van der Waals surface area contributed by atoms with Crippen molar-refractivity contribution in [3.05, 3.63) is 187 Å². The Labute approximate surface area is 485 Å². The first-order chi connectivity index (χ1) is 36.8. The lowest BCUT2D eigenvalue weighted by Gasteiger charge is -2.29. The van der Waals surface area contributed by atoms with Crippen molar-refractivity contribution in [2.45, 2.75) is 186 Å². The minimum Gasteiger partial charge on any atom is -0.493 e. The lowest BCUT2D eigenvalue weighted by molar-refractivity contribution is 0.294. The van der Waals surface area contributed by atoms with Gasteiger partial charge >= 0.3 is 0 Å². The predicted molar refractivity (Wildman–Crippen MR) is 331 cm³/mol. The molecular formula is C71H85Cl3O4. The van der Waals surface area contributed by atoms with E-state index in [0.717, 1.165) is 117 Å². The summed E-state index contributed by atoms with van der Waals surface area (Å²) in [5.41, 5.74) is 15.8. The molecule has 0 aromatic heterocycles. The van der Waals surface area contributed by atoms with Crippen LogP contribution in [0.15, 0.2) is 109 Å². The molecule has 4 nitrogen and oxygen atoms in total. The zero-order valence-electron chi connectivity index (χ0n) is 48.8. The summed E-state index contributed by atoms with van der Waals surface area (Å²) in [5, 5.41) is 0. The van der Waals surface area contributed by atoms with E-state index in [1.807, 2.05) is 0 Å². The van der Waals surface area contributed by atoms with Crippen molar-refractivity contribution in [2.75, 3.05) is 13.2 Å². The van der Waals surface area contributed by atoms with Gasteiger partial charge in [-0.1, -0.05) is 227 Å². The number of benzene rings is 6. The molecule has 78 heavy (non-hydrogen) atoms. The molecule has 0 unspecified atom stereocenters. The third-order valence-electron chi connectivity index (χ3n) is 14.3. The second-order valence-corrected chi connectivity index (χ2v) is 27.0. The third kappa shape index (κ3) is 17.8. The van der Waals surface area contributed by atoms with Crippen LogP contribution in [-0.4, -0.2) is 17.5 Å². The van der Waals surface area contributed by atoms with Crippen molar-refractivity contribution < 1.29 is 18.9 Å². The molecule has 0 radical (unpaired) electrons. The molecule has 6 aromatic carbocycles. The molecule has 1 aliphatic carbocycles. The Balaban J connectivity index is 0.00000238. The highest BCUT2D eigenvalue weighted by Crippen LogP contribution is 2.45. The molecule has 8 bridgehead atoms. The third-order valence-corrected chi connectivity index (χ3v) is 14.3. The van der Waals surface area contributed by atoms with E-state index in [1.54, 1.807) is 0 Å². The molecule has 7 heteroatoms. The predicted octanol–water partition coefficient (Wildman–Crippen LogP) is 19.1. The maximum absolute atomic E-state index is 7.26. The van der Waals surface area contributed by atoms with E-state index in [1.165, 1.54) is 22.3 Å². The highest BCUT2D eigenvalue weighted by Gasteiger charge is 2.30. The van der Waals surface area contributed by atoms with Crippen LogP contribution in [0.1, 0.15) is 199 Å². The van der Waals surface area contributed by atoms with E-state index in [9.17, 15) is 0 Å². The van der Waals surface area contributed by atoms with Gasteiger partial charge < -0.3 is 18.9 Å². The van der Waals surface area contributed by atoms with Gasteiger partial charge in [-0.05, 0) is 125 Å². The van der Waals surface area contributed by atoms with Crippen LogP contribution in [0.5, 0.6) is 23.0 Å². The van der Waals surface area contributed by atoms with E-state index in [2.05, 4.69) is 204 Å². The molecule has 0 aliphatic heterocycles. The molecule has 0 amide bonds. The average molecular weight is 1110 g/mol. The fraction of sp³-hybridized carbons (Fsp3) is 0.437. The van der Waals surface area contributed by atoms with E-state index in [4.69, 9.17) is 66.6 Å². The number of halogens is 3. The van der Waals surface area contributed by atoms with Crippen LogP contribution in [0.3, 0.4) is 0 Å². The van der Waals surface area contributed by atoms with Gasteiger partial charge in [0.25, 0.3) is 0 Å². The summed E-state index contributed by atoms with van der Waals surface area (Å²) < 4.78 is 28.1. The Morgan fingerprint density at radius 2 is 0.615 bits per heavy atom. The Morgan fingerprint density at radius 3 is 0.833 bits per heavy atom. The maximum atomic E-state index is 7.26. The maximum Gasteiger partial charge on any atom is 0.180 e. The molecule has 414 valence electrons. The number of terminal acetylenes is 2. The lowest BCUT2D eigenvalue weighted by atomic mass is 9.79. The van der Waals surface area contributed by atoms with E-state index in [-0.39, 0.29) is 21.7 Å². The summed E-state index contributed by atoms with van der Waals surface area (Å²) in [6, 6.07) is 40.3. The van der Waals surface area contributed by atoms with Gasteiger partial charge in [0.1, 0.15) is 36.2 Å². The number of ether oxygens (including phenoxy) is 4. The molecule has 0 saturated heterocycles. The summed E-state index contributed by atoms with van der Waals surface area (Å²) in [6.45, 7) is 29.8. The van der Waals surface area contributed by atoms with Crippen molar-refractivity contribution in [3.8, 4) is 47.7 Å². The van der Waals surface area contributed by atoms with Crippen molar-refractivity contribution >= 4 is 34.8 Å². The highest BCUT2D eigenvalue weighted by molar-refractivity contribution is 6.63. The summed E-state index contributed by atoms with van der Waals surface area (Å²) in [6.07, 6.45) is 18.9. The molecule has 0 heterocycles. The van der Waals surface area contributed by atoms with Gasteiger partial charge in [-0.3, -0.25) is 0 Å². The monoisotopic (exact) mass is 1110 g/mol. The highest BCUT2D eigenvalue weighted by atomic mass is 35.6. The van der Waals surface area contributed by atoms with Gasteiger partial charge in [0, 0.05) is 38.5 Å². The molecule has 1 aliphatic rings. The van der Waals surface area contributed by atoms with Crippen LogP contribution in [0, 0.1) is 24.7 Å². The minimum absolute atomic E-state index is 0.156. The SMILES string of the molecule is C#CCCCCOc1c2cc(C(C)(C)C)cc1Cc1cc(C(C)(C)C)cc(c1OCc1ccccc1)Cc1cc(C(C)(C)C)cc(c1OCCCCC#C)Cc1cc(C(C)(C)C)cc(c1OCc1ccccc1)C2.ClC(Cl)Cl. The fourth-order valence-corrected chi connectivity index (χ4v) is 9.83.